The summed E-state index contributed by atoms with van der Waals surface area (Å²) in [7, 11) is 1.57. The maximum atomic E-state index is 11.1. The van der Waals surface area contributed by atoms with Crippen LogP contribution in [0.2, 0.25) is 0 Å². The number of carbonyl (C=O) groups is 1. The molecule has 0 atom stereocenters. The Kier molecular flexibility index (Phi) is 2.76. The van der Waals surface area contributed by atoms with Gasteiger partial charge in [0, 0.05) is 17.1 Å². The number of aromatic nitrogens is 1. The molecule has 0 amide bonds. The molecule has 19 heavy (non-hydrogen) atoms. The molecule has 0 aliphatic rings. The molecule has 94 valence electrons. The normalized spacial score (nSPS) is 10.6. The molecule has 0 aliphatic carbocycles. The van der Waals surface area contributed by atoms with Gasteiger partial charge in [0.15, 0.2) is 23.4 Å². The molecule has 0 aliphatic heterocycles. The first-order valence-corrected chi connectivity index (χ1v) is 5.80. The Bertz CT molecular complexity index is 732. The van der Waals surface area contributed by atoms with E-state index in [2.05, 4.69) is 4.98 Å². The van der Waals surface area contributed by atoms with Gasteiger partial charge in [-0.3, -0.25) is 9.78 Å². The van der Waals surface area contributed by atoms with Gasteiger partial charge in [0.05, 0.1) is 7.11 Å². The van der Waals surface area contributed by atoms with E-state index in [1.165, 1.54) is 0 Å². The molecule has 0 saturated carbocycles. The summed E-state index contributed by atoms with van der Waals surface area (Å²) in [6.45, 7) is 0. The Labute approximate surface area is 109 Å². The smallest absolute Gasteiger partial charge is 0.177 e. The zero-order valence-corrected chi connectivity index (χ0v) is 10.3. The minimum absolute atomic E-state index is 0.563. The number of pyridine rings is 1. The predicted octanol–water partition coefficient (Wildman–Crippen LogP) is 3.32. The van der Waals surface area contributed by atoms with Crippen LogP contribution in [0.25, 0.3) is 22.4 Å². The van der Waals surface area contributed by atoms with E-state index < -0.39 is 0 Å². The second-order valence-corrected chi connectivity index (χ2v) is 4.04. The molecule has 3 aromatic rings. The molecule has 2 heterocycles. The van der Waals surface area contributed by atoms with E-state index in [-0.39, 0.29) is 0 Å². The van der Waals surface area contributed by atoms with Gasteiger partial charge < -0.3 is 9.15 Å². The molecule has 0 radical (unpaired) electrons. The number of nitrogens with zero attached hydrogens (tertiary/aromatic N) is 1. The number of furan rings is 1. The molecule has 0 saturated heterocycles. The van der Waals surface area contributed by atoms with Crippen LogP contribution in [0.3, 0.4) is 0 Å². The van der Waals surface area contributed by atoms with Gasteiger partial charge in [0.25, 0.3) is 0 Å². The SMILES string of the molecule is COc1ccc(C=O)c2cc(-c3ccccn3)oc12. The summed E-state index contributed by atoms with van der Waals surface area (Å²) in [6.07, 6.45) is 2.50. The Morgan fingerprint density at radius 1 is 1.26 bits per heavy atom. The molecule has 4 heteroatoms. The number of aldehydes is 1. The van der Waals surface area contributed by atoms with Crippen LogP contribution in [0.5, 0.6) is 5.75 Å². The van der Waals surface area contributed by atoms with Crippen molar-refractivity contribution in [2.45, 2.75) is 0 Å². The van der Waals surface area contributed by atoms with Crippen molar-refractivity contribution in [1.82, 2.24) is 4.98 Å². The fourth-order valence-electron chi connectivity index (χ4n) is 2.02. The molecule has 3 rings (SSSR count). The predicted molar refractivity (Wildman–Crippen MR) is 71.4 cm³/mol. The average Bonchev–Trinajstić information content (AvgIpc) is 2.92. The molecule has 0 unspecified atom stereocenters. The van der Waals surface area contributed by atoms with E-state index in [0.29, 0.717) is 22.7 Å². The third-order valence-corrected chi connectivity index (χ3v) is 2.95. The third kappa shape index (κ3) is 1.87. The summed E-state index contributed by atoms with van der Waals surface area (Å²) in [5.74, 6) is 1.21. The lowest BCUT2D eigenvalue weighted by molar-refractivity contribution is 0.112. The van der Waals surface area contributed by atoms with Crippen LogP contribution in [0.4, 0.5) is 0 Å². The summed E-state index contributed by atoms with van der Waals surface area (Å²) in [5, 5.41) is 0.731. The van der Waals surface area contributed by atoms with Gasteiger partial charge in [-0.15, -0.1) is 0 Å². The van der Waals surface area contributed by atoms with E-state index in [9.17, 15) is 4.79 Å². The highest BCUT2D eigenvalue weighted by molar-refractivity contribution is 6.00. The van der Waals surface area contributed by atoms with Crippen molar-refractivity contribution in [1.29, 1.82) is 0 Å². The van der Waals surface area contributed by atoms with Gasteiger partial charge in [-0.1, -0.05) is 6.07 Å². The van der Waals surface area contributed by atoms with Gasteiger partial charge in [0.2, 0.25) is 0 Å². The highest BCUT2D eigenvalue weighted by Gasteiger charge is 2.14. The lowest BCUT2D eigenvalue weighted by atomic mass is 10.1. The molecular weight excluding hydrogens is 242 g/mol. The topological polar surface area (TPSA) is 52.3 Å². The third-order valence-electron chi connectivity index (χ3n) is 2.95. The monoisotopic (exact) mass is 253 g/mol. The van der Waals surface area contributed by atoms with Gasteiger partial charge >= 0.3 is 0 Å². The first-order valence-electron chi connectivity index (χ1n) is 5.80. The average molecular weight is 253 g/mol. The number of methoxy groups -OCH3 is 1. The van der Waals surface area contributed by atoms with Crippen molar-refractivity contribution in [3.63, 3.8) is 0 Å². The van der Waals surface area contributed by atoms with Crippen molar-refractivity contribution in [2.24, 2.45) is 0 Å². The molecule has 1 aromatic carbocycles. The highest BCUT2D eigenvalue weighted by atomic mass is 16.5. The summed E-state index contributed by atoms with van der Waals surface area (Å²) >= 11 is 0. The van der Waals surface area contributed by atoms with E-state index >= 15 is 0 Å². The standard InChI is InChI=1S/C15H11NO3/c1-18-13-6-5-10(9-17)11-8-14(19-15(11)13)12-4-2-3-7-16-12/h2-9H,1H3. The summed E-state index contributed by atoms with van der Waals surface area (Å²) < 4.78 is 11.0. The fraction of sp³-hybridized carbons (Fsp3) is 0.0667. The van der Waals surface area contributed by atoms with Crippen LogP contribution in [-0.2, 0) is 0 Å². The van der Waals surface area contributed by atoms with E-state index in [1.807, 2.05) is 24.3 Å². The minimum atomic E-state index is 0.563. The first kappa shape index (κ1) is 11.5. The van der Waals surface area contributed by atoms with E-state index in [0.717, 1.165) is 17.4 Å². The minimum Gasteiger partial charge on any atom is -0.493 e. The second-order valence-electron chi connectivity index (χ2n) is 4.04. The molecule has 0 N–H and O–H groups in total. The summed E-state index contributed by atoms with van der Waals surface area (Å²) in [6, 6.07) is 10.8. The van der Waals surface area contributed by atoms with Crippen LogP contribution in [0, 0.1) is 0 Å². The number of benzene rings is 1. The number of fused-ring (bicyclic) bond motifs is 1. The van der Waals surface area contributed by atoms with Crippen LogP contribution in [-0.4, -0.2) is 18.4 Å². The van der Waals surface area contributed by atoms with Crippen molar-refractivity contribution in [3.05, 3.63) is 48.2 Å². The molecular formula is C15H11NO3. The highest BCUT2D eigenvalue weighted by Crippen LogP contribution is 2.34. The van der Waals surface area contributed by atoms with Crippen LogP contribution in [0.15, 0.2) is 47.0 Å². The molecule has 0 fully saturated rings. The summed E-state index contributed by atoms with van der Waals surface area (Å²) in [4.78, 5) is 15.3. The van der Waals surface area contributed by atoms with Crippen molar-refractivity contribution < 1.29 is 13.9 Å². The second kappa shape index (κ2) is 4.57. The first-order chi connectivity index (χ1) is 9.33. The van der Waals surface area contributed by atoms with Crippen LogP contribution >= 0.6 is 0 Å². The Morgan fingerprint density at radius 2 is 2.16 bits per heavy atom. The van der Waals surface area contributed by atoms with Gasteiger partial charge in [-0.05, 0) is 30.3 Å². The maximum Gasteiger partial charge on any atom is 0.177 e. The Balaban J connectivity index is 2.27. The van der Waals surface area contributed by atoms with Crippen molar-refractivity contribution in [2.75, 3.05) is 7.11 Å². The van der Waals surface area contributed by atoms with Crippen molar-refractivity contribution >= 4 is 17.3 Å². The maximum absolute atomic E-state index is 11.1. The number of ether oxygens (including phenoxy) is 1. The van der Waals surface area contributed by atoms with Gasteiger partial charge in [-0.25, -0.2) is 0 Å². The Hall–Kier alpha value is -2.62. The number of carbonyl (C=O) groups excluding carboxylic acids is 1. The molecule has 4 nitrogen and oxygen atoms in total. The van der Waals surface area contributed by atoms with Gasteiger partial charge in [-0.2, -0.15) is 0 Å². The lowest BCUT2D eigenvalue weighted by Gasteiger charge is -2.00. The molecule has 2 aromatic heterocycles. The van der Waals surface area contributed by atoms with Gasteiger partial charge in [0.1, 0.15) is 5.69 Å². The van der Waals surface area contributed by atoms with E-state index in [1.54, 1.807) is 25.4 Å². The number of hydrogen-bond donors (Lipinski definition) is 0. The fourth-order valence-corrected chi connectivity index (χ4v) is 2.02. The number of rotatable bonds is 3. The lowest BCUT2D eigenvalue weighted by Crippen LogP contribution is -1.86. The van der Waals surface area contributed by atoms with Crippen molar-refractivity contribution in [3.8, 4) is 17.2 Å². The molecule has 0 spiro atoms. The van der Waals surface area contributed by atoms with E-state index in [4.69, 9.17) is 9.15 Å². The molecule has 0 bridgehead atoms. The summed E-state index contributed by atoms with van der Waals surface area (Å²) in [5.41, 5.74) is 1.85. The van der Waals surface area contributed by atoms with Crippen LogP contribution in [0.1, 0.15) is 10.4 Å². The number of hydrogen-bond acceptors (Lipinski definition) is 4. The van der Waals surface area contributed by atoms with Crippen LogP contribution < -0.4 is 4.74 Å². The quantitative estimate of drug-likeness (QED) is 0.672. The largest absolute Gasteiger partial charge is 0.493 e. The zero-order valence-electron chi connectivity index (χ0n) is 10.3. The Morgan fingerprint density at radius 3 is 2.84 bits per heavy atom. The zero-order chi connectivity index (χ0) is 13.2.